The molecule has 0 saturated carbocycles. The van der Waals surface area contributed by atoms with Crippen LogP contribution >= 0.6 is 11.6 Å². The summed E-state index contributed by atoms with van der Waals surface area (Å²) in [6.07, 6.45) is -2.26. The Morgan fingerprint density at radius 3 is 2.47 bits per heavy atom. The minimum absolute atomic E-state index is 0.122. The number of halogens is 4. The molecule has 196 valence electrons. The Labute approximate surface area is 214 Å². The molecule has 10 heteroatoms. The zero-order chi connectivity index (χ0) is 26.7. The van der Waals surface area contributed by atoms with Crippen molar-refractivity contribution in [2.45, 2.75) is 51.4 Å². The fraction of sp³-hybridized carbons (Fsp3) is 0.462. The number of likely N-dealkylation sites (tertiary alicyclic amines) is 1. The van der Waals surface area contributed by atoms with Gasteiger partial charge in [0.1, 0.15) is 6.04 Å². The number of rotatable bonds is 8. The molecule has 0 aliphatic carbocycles. The third-order valence-electron chi connectivity index (χ3n) is 6.61. The summed E-state index contributed by atoms with van der Waals surface area (Å²) in [4.78, 5) is 19.0. The normalized spacial score (nSPS) is 20.5. The number of pyridine rings is 1. The van der Waals surface area contributed by atoms with Gasteiger partial charge in [0.15, 0.2) is 6.61 Å². The molecule has 1 aliphatic heterocycles. The predicted octanol–water partition coefficient (Wildman–Crippen LogP) is 5.16. The number of hydrogen-bond acceptors (Lipinski definition) is 5. The summed E-state index contributed by atoms with van der Waals surface area (Å²) in [5.41, 5.74) is -0.0389. The van der Waals surface area contributed by atoms with Gasteiger partial charge in [-0.1, -0.05) is 51.1 Å². The molecule has 1 aromatic carbocycles. The van der Waals surface area contributed by atoms with Crippen LogP contribution in [0.2, 0.25) is 5.02 Å². The molecule has 1 fully saturated rings. The van der Waals surface area contributed by atoms with Gasteiger partial charge < -0.3 is 20.1 Å². The standard InChI is InChI=1S/C26H31ClF3N3O3/c1-5-21(32-17(2)18-6-11-22(31-14-18)36-16-26(28,29)30)23(34)33-13-12-25(35,24(3,4)15-33)19-7-9-20(27)10-8-19/h6-11,14,21,32,35H,2,5,12-13,15-16H2,1,3-4H3/t21-,25+/m1/s1. The molecule has 2 N–H and O–H groups in total. The first kappa shape index (κ1) is 27.8. The van der Waals surface area contributed by atoms with Crippen molar-refractivity contribution in [1.29, 1.82) is 0 Å². The number of aliphatic hydroxyl groups is 1. The van der Waals surface area contributed by atoms with Crippen LogP contribution in [-0.2, 0) is 10.4 Å². The van der Waals surface area contributed by atoms with Gasteiger partial charge in [0.05, 0.1) is 5.60 Å². The first-order valence-corrected chi connectivity index (χ1v) is 12.0. The van der Waals surface area contributed by atoms with Crippen LogP contribution in [0.25, 0.3) is 5.70 Å². The van der Waals surface area contributed by atoms with Crippen LogP contribution in [0.4, 0.5) is 13.2 Å². The van der Waals surface area contributed by atoms with Crippen molar-refractivity contribution >= 4 is 23.2 Å². The minimum atomic E-state index is -4.45. The van der Waals surface area contributed by atoms with E-state index in [9.17, 15) is 23.1 Å². The molecule has 1 aromatic heterocycles. The Balaban J connectivity index is 1.65. The molecule has 6 nitrogen and oxygen atoms in total. The fourth-order valence-corrected chi connectivity index (χ4v) is 4.55. The van der Waals surface area contributed by atoms with Crippen molar-refractivity contribution in [2.24, 2.45) is 5.41 Å². The van der Waals surface area contributed by atoms with E-state index in [0.29, 0.717) is 42.2 Å². The highest BCUT2D eigenvalue weighted by Gasteiger charge is 2.50. The van der Waals surface area contributed by atoms with E-state index in [0.717, 1.165) is 5.56 Å². The van der Waals surface area contributed by atoms with Gasteiger partial charge in [-0.15, -0.1) is 0 Å². The molecule has 0 radical (unpaired) electrons. The second kappa shape index (κ2) is 10.7. The lowest BCUT2D eigenvalue weighted by atomic mass is 9.66. The molecule has 1 amide bonds. The van der Waals surface area contributed by atoms with E-state index in [4.69, 9.17) is 11.6 Å². The fourth-order valence-electron chi connectivity index (χ4n) is 4.42. The summed E-state index contributed by atoms with van der Waals surface area (Å²) in [5.74, 6) is -0.279. The van der Waals surface area contributed by atoms with E-state index in [-0.39, 0.29) is 11.8 Å². The molecular formula is C26H31ClF3N3O3. The van der Waals surface area contributed by atoms with Crippen molar-refractivity contribution in [3.8, 4) is 5.88 Å². The van der Waals surface area contributed by atoms with Gasteiger partial charge in [-0.3, -0.25) is 4.79 Å². The number of ether oxygens (including phenoxy) is 1. The Hall–Kier alpha value is -2.78. The Morgan fingerprint density at radius 2 is 1.94 bits per heavy atom. The van der Waals surface area contributed by atoms with Crippen LogP contribution in [0.3, 0.4) is 0 Å². The summed E-state index contributed by atoms with van der Waals surface area (Å²) in [5, 5.41) is 15.3. The van der Waals surface area contributed by atoms with Crippen LogP contribution < -0.4 is 10.1 Å². The first-order valence-electron chi connectivity index (χ1n) is 11.6. The topological polar surface area (TPSA) is 74.7 Å². The average molecular weight is 526 g/mol. The summed E-state index contributed by atoms with van der Waals surface area (Å²) in [6, 6.07) is 9.40. The van der Waals surface area contributed by atoms with Crippen LogP contribution in [0.15, 0.2) is 49.2 Å². The smallest absolute Gasteiger partial charge is 0.422 e. The number of nitrogens with zero attached hydrogens (tertiary/aromatic N) is 2. The monoisotopic (exact) mass is 525 g/mol. The van der Waals surface area contributed by atoms with Gasteiger partial charge >= 0.3 is 6.18 Å². The molecule has 0 unspecified atom stereocenters. The van der Waals surface area contributed by atoms with E-state index in [1.165, 1.54) is 18.3 Å². The quantitative estimate of drug-likeness (QED) is 0.498. The van der Waals surface area contributed by atoms with Crippen LogP contribution in [-0.4, -0.2) is 52.8 Å². The number of alkyl halides is 3. The molecule has 2 heterocycles. The maximum Gasteiger partial charge on any atom is 0.422 e. The SMILES string of the molecule is C=C(N[C@H](CC)C(=O)N1CC[C@](O)(c2ccc(Cl)cc2)C(C)(C)C1)c1ccc(OCC(F)(F)F)nc1. The van der Waals surface area contributed by atoms with Crippen LogP contribution in [0.5, 0.6) is 5.88 Å². The van der Waals surface area contributed by atoms with Gasteiger partial charge in [-0.2, -0.15) is 13.2 Å². The second-order valence-electron chi connectivity index (χ2n) is 9.63. The molecule has 2 aromatic rings. The number of benzene rings is 1. The lowest BCUT2D eigenvalue weighted by Gasteiger charge is -2.51. The van der Waals surface area contributed by atoms with E-state index >= 15 is 0 Å². The number of carbonyl (C=O) groups is 1. The van der Waals surface area contributed by atoms with Gasteiger partial charge in [-0.05, 0) is 36.6 Å². The third kappa shape index (κ3) is 6.31. The van der Waals surface area contributed by atoms with Crippen molar-refractivity contribution < 1.29 is 27.8 Å². The Morgan fingerprint density at radius 1 is 1.28 bits per heavy atom. The van der Waals surface area contributed by atoms with Crippen molar-refractivity contribution in [2.75, 3.05) is 19.7 Å². The van der Waals surface area contributed by atoms with Crippen LogP contribution in [0.1, 0.15) is 44.7 Å². The van der Waals surface area contributed by atoms with Gasteiger partial charge in [0, 0.05) is 47.1 Å². The summed E-state index contributed by atoms with van der Waals surface area (Å²) in [7, 11) is 0. The number of aromatic nitrogens is 1. The molecular weight excluding hydrogens is 495 g/mol. The highest BCUT2D eigenvalue weighted by Crippen LogP contribution is 2.46. The number of piperidine rings is 1. The molecule has 0 bridgehead atoms. The lowest BCUT2D eigenvalue weighted by molar-refractivity contribution is -0.155. The number of amides is 1. The molecule has 1 aliphatic rings. The summed E-state index contributed by atoms with van der Waals surface area (Å²) < 4.78 is 41.6. The molecule has 0 spiro atoms. The molecule has 3 rings (SSSR count). The summed E-state index contributed by atoms with van der Waals surface area (Å²) >= 11 is 6.01. The largest absolute Gasteiger partial charge is 0.468 e. The van der Waals surface area contributed by atoms with Crippen molar-refractivity contribution in [3.63, 3.8) is 0 Å². The Bertz CT molecular complexity index is 1070. The second-order valence-corrected chi connectivity index (χ2v) is 10.1. The molecule has 36 heavy (non-hydrogen) atoms. The zero-order valence-corrected chi connectivity index (χ0v) is 21.3. The maximum atomic E-state index is 13.4. The minimum Gasteiger partial charge on any atom is -0.468 e. The zero-order valence-electron chi connectivity index (χ0n) is 20.5. The van der Waals surface area contributed by atoms with Gasteiger partial charge in [0.2, 0.25) is 11.8 Å². The van der Waals surface area contributed by atoms with E-state index in [1.54, 1.807) is 17.0 Å². The van der Waals surface area contributed by atoms with E-state index < -0.39 is 29.8 Å². The number of hydrogen-bond donors (Lipinski definition) is 2. The summed E-state index contributed by atoms with van der Waals surface area (Å²) in [6.45, 7) is 8.99. The van der Waals surface area contributed by atoms with Gasteiger partial charge in [-0.25, -0.2) is 4.98 Å². The number of carbonyl (C=O) groups excluding carboxylic acids is 1. The van der Waals surface area contributed by atoms with E-state index in [1.807, 2.05) is 32.9 Å². The number of nitrogens with one attached hydrogen (secondary N) is 1. The maximum absolute atomic E-state index is 13.4. The highest BCUT2D eigenvalue weighted by molar-refractivity contribution is 6.30. The van der Waals surface area contributed by atoms with Crippen molar-refractivity contribution in [3.05, 3.63) is 65.3 Å². The Kier molecular flexibility index (Phi) is 8.25. The average Bonchev–Trinajstić information content (AvgIpc) is 2.82. The van der Waals surface area contributed by atoms with Crippen LogP contribution in [0, 0.1) is 5.41 Å². The molecule has 2 atom stereocenters. The highest BCUT2D eigenvalue weighted by atomic mass is 35.5. The first-order chi connectivity index (χ1) is 16.8. The van der Waals surface area contributed by atoms with Gasteiger partial charge in [0.25, 0.3) is 0 Å². The van der Waals surface area contributed by atoms with Crippen molar-refractivity contribution in [1.82, 2.24) is 15.2 Å². The lowest BCUT2D eigenvalue weighted by Crippen LogP contribution is -2.59. The van der Waals surface area contributed by atoms with E-state index in [2.05, 4.69) is 21.6 Å². The predicted molar refractivity (Wildman–Crippen MR) is 132 cm³/mol. The molecule has 1 saturated heterocycles. The third-order valence-corrected chi connectivity index (χ3v) is 6.86.